The second-order valence-electron chi connectivity index (χ2n) is 36.0. The Morgan fingerprint density at radius 3 is 0.967 bits per heavy atom. The van der Waals surface area contributed by atoms with Gasteiger partial charge in [0.25, 0.3) is 0 Å². The largest absolute Gasteiger partial charge is 0.474 e. The quantitative estimate of drug-likeness (QED) is 0.0374. The fraction of sp³-hybridized carbons (Fsp3) is 0.723. The molecule has 3 fully saturated rings. The van der Waals surface area contributed by atoms with E-state index in [1.807, 2.05) is 0 Å². The zero-order valence-corrected chi connectivity index (χ0v) is 74.5. The molecule has 0 spiro atoms. The Kier molecular flexibility index (Phi) is 34.9. The number of anilines is 5. The summed E-state index contributed by atoms with van der Waals surface area (Å²) in [6, 6.07) is 0. The molecule has 2 aliphatic heterocycles. The van der Waals surface area contributed by atoms with Gasteiger partial charge in [-0.25, -0.2) is 38.7 Å². The number of hydrogen-bond donors (Lipinski definition) is 2. The number of methoxy groups -OCH3 is 3. The van der Waals surface area contributed by atoms with Crippen LogP contribution >= 0.6 is 0 Å². The first-order valence-corrected chi connectivity index (χ1v) is 41.1. The Labute approximate surface area is 703 Å². The van der Waals surface area contributed by atoms with Crippen LogP contribution in [0.15, 0.2) is 6.20 Å². The van der Waals surface area contributed by atoms with E-state index < -0.39 is 106 Å². The smallest absolute Gasteiger partial charge is 0.427 e. The van der Waals surface area contributed by atoms with Crippen LogP contribution in [0.4, 0.5) is 58.2 Å². The molecule has 0 aromatic carbocycles. The van der Waals surface area contributed by atoms with Crippen molar-refractivity contribution in [1.82, 2.24) is 39.9 Å². The predicted molar refractivity (Wildman–Crippen MR) is 440 cm³/mol. The second-order valence-corrected chi connectivity index (χ2v) is 36.0. The van der Waals surface area contributed by atoms with Crippen molar-refractivity contribution in [3.8, 4) is 17.6 Å². The van der Waals surface area contributed by atoms with Gasteiger partial charge in [0.2, 0.25) is 41.3 Å². The number of amides is 6. The number of Topliss-reactive ketones (excluding diaryl/α,β-unsaturated/α-hetero) is 3. The average Bonchev–Trinajstić information content (AvgIpc) is 0.782. The van der Waals surface area contributed by atoms with Crippen LogP contribution in [-0.2, 0) is 79.3 Å². The van der Waals surface area contributed by atoms with Gasteiger partial charge in [0.05, 0.1) is 17.3 Å². The van der Waals surface area contributed by atoms with E-state index in [0.29, 0.717) is 50.3 Å². The monoisotopic (exact) mass is 1690 g/mol. The molecule has 120 heavy (non-hydrogen) atoms. The third-order valence-electron chi connectivity index (χ3n) is 18.3. The molecule has 2 N–H and O–H groups in total. The van der Waals surface area contributed by atoms with Crippen LogP contribution in [0.1, 0.15) is 263 Å². The molecule has 9 rings (SSSR count). The minimum Gasteiger partial charge on any atom is -0.474 e. The zero-order chi connectivity index (χ0) is 89.0. The highest BCUT2D eigenvalue weighted by Gasteiger charge is 2.43. The van der Waals surface area contributed by atoms with Gasteiger partial charge in [0.1, 0.15) is 108 Å². The van der Waals surface area contributed by atoms with Gasteiger partial charge in [-0.3, -0.25) is 14.4 Å². The molecule has 0 radical (unpaired) electrons. The highest BCUT2D eigenvalue weighted by atomic mass is 16.7. The highest BCUT2D eigenvalue weighted by molar-refractivity contribution is 6.10. The van der Waals surface area contributed by atoms with Gasteiger partial charge in [0, 0.05) is 46.3 Å². The number of imide groups is 3. The van der Waals surface area contributed by atoms with Crippen molar-refractivity contribution in [3.63, 3.8) is 0 Å². The van der Waals surface area contributed by atoms with Crippen molar-refractivity contribution in [3.05, 3.63) is 23.0 Å². The van der Waals surface area contributed by atoms with Crippen molar-refractivity contribution in [2.24, 2.45) is 11.8 Å². The molecule has 6 amide bonds. The first-order chi connectivity index (χ1) is 56.0. The lowest BCUT2D eigenvalue weighted by Crippen LogP contribution is -2.45. The second kappa shape index (κ2) is 42.9. The molecule has 3 saturated carbocycles. The van der Waals surface area contributed by atoms with E-state index in [0.717, 1.165) is 96.3 Å². The lowest BCUT2D eigenvalue weighted by atomic mass is 9.90. The zero-order valence-electron chi connectivity index (χ0n) is 74.5. The van der Waals surface area contributed by atoms with Crippen LogP contribution < -0.4 is 39.5 Å². The molecule has 37 heteroatoms. The van der Waals surface area contributed by atoms with E-state index in [-0.39, 0.29) is 116 Å². The Bertz CT molecular complexity index is 3920. The van der Waals surface area contributed by atoms with E-state index in [1.165, 1.54) is 27.5 Å². The number of hydrogen-bond acceptors (Lipinski definition) is 34. The van der Waals surface area contributed by atoms with Gasteiger partial charge in [-0.05, 0) is 235 Å². The van der Waals surface area contributed by atoms with Gasteiger partial charge < -0.3 is 81.7 Å². The molecular formula is C83H127N13O24. The molecule has 4 aromatic heterocycles. The van der Waals surface area contributed by atoms with E-state index in [4.69, 9.17) is 71.1 Å². The molecule has 37 nitrogen and oxygen atoms in total. The Morgan fingerprint density at radius 2 is 0.667 bits per heavy atom. The van der Waals surface area contributed by atoms with Gasteiger partial charge in [-0.2, -0.15) is 29.9 Å². The van der Waals surface area contributed by atoms with Crippen molar-refractivity contribution < 1.29 is 114 Å². The third-order valence-corrected chi connectivity index (χ3v) is 18.3. The fourth-order valence-corrected chi connectivity index (χ4v) is 12.8. The van der Waals surface area contributed by atoms with Gasteiger partial charge in [0.15, 0.2) is 22.7 Å². The molecule has 4 aromatic rings. The first-order valence-electron chi connectivity index (χ1n) is 41.1. The lowest BCUT2D eigenvalue weighted by molar-refractivity contribution is -0.141. The van der Waals surface area contributed by atoms with Crippen LogP contribution in [0.2, 0.25) is 0 Å². The topological polar surface area (TPSA) is 429 Å². The van der Waals surface area contributed by atoms with Crippen LogP contribution in [0.3, 0.4) is 0 Å². The molecule has 3 aliphatic carbocycles. The molecule has 668 valence electrons. The number of ketones is 3. The number of ether oxygens (including phenoxy) is 15. The molecule has 6 heterocycles. The number of carbonyl (C=O) groups is 9. The number of nitrogens with zero attached hydrogens (tertiary/aromatic N) is 11. The van der Waals surface area contributed by atoms with Gasteiger partial charge in [-0.15, -0.1) is 14.7 Å². The predicted octanol–water partition coefficient (Wildman–Crippen LogP) is 15.1. The van der Waals surface area contributed by atoms with E-state index in [9.17, 15) is 43.2 Å². The summed E-state index contributed by atoms with van der Waals surface area (Å²) in [6.45, 7) is 35.8. The van der Waals surface area contributed by atoms with Crippen LogP contribution in [0.5, 0.6) is 17.6 Å². The summed E-state index contributed by atoms with van der Waals surface area (Å²) < 4.78 is 82.9. The van der Waals surface area contributed by atoms with Crippen LogP contribution in [0.25, 0.3) is 11.2 Å². The van der Waals surface area contributed by atoms with Gasteiger partial charge >= 0.3 is 36.6 Å². The Balaban J connectivity index is 0.000000248. The summed E-state index contributed by atoms with van der Waals surface area (Å²) in [5.41, 5.74) is -4.07. The van der Waals surface area contributed by atoms with E-state index in [1.54, 1.807) is 145 Å². The maximum absolute atomic E-state index is 13.3. The Morgan fingerprint density at radius 1 is 0.383 bits per heavy atom. The number of fused-ring (bicyclic) bond motifs is 3. The van der Waals surface area contributed by atoms with Gasteiger partial charge in [-0.1, -0.05) is 19.3 Å². The molecule has 5 aliphatic rings. The summed E-state index contributed by atoms with van der Waals surface area (Å²) in [7, 11) is 4.45. The highest BCUT2D eigenvalue weighted by Crippen LogP contribution is 2.40. The SMILES string of the molecule is COCO[C@@H](C)C(=O)[C@@H]1CNc2nc(N(C(=O)OC(C)(C)C)C(=O)OC(C)(C)C)nc(OC3CCCCC3)c2C1.COCO[C@@H](C)C(=O)[C@H]1CNc2nc(N(C(=O)OC(C)(C)C)C(=O)OC(C)(C)C)nc(OC3CCCCC3)c2C1.COCO[C@@H](C)C(=O)c1cnc2nc(N(C(=O)OC(C)(C)C)C(=O)OC(C)(C)C)nc(OC3CCCCC3)c2n1. The maximum atomic E-state index is 13.3. The molecule has 0 saturated heterocycles. The number of carbonyl (C=O) groups excluding carboxylic acids is 9. The summed E-state index contributed by atoms with van der Waals surface area (Å²) in [5.74, 6) is -1.09. The van der Waals surface area contributed by atoms with Crippen molar-refractivity contribution in [2.45, 2.75) is 325 Å². The summed E-state index contributed by atoms with van der Waals surface area (Å²) in [6.07, 6.45) is 7.81. The van der Waals surface area contributed by atoms with E-state index in [2.05, 4.69) is 50.5 Å². The molecule has 0 bridgehead atoms. The van der Waals surface area contributed by atoms with Crippen LogP contribution in [0, 0.1) is 11.8 Å². The standard InChI is InChI=1S/2C28H44N4O8.C27H39N5O8/c2*1-17(37-16-36-8)21(33)18-14-20-22(29-15-18)30-24(31-23(20)38-19-12-10-9-11-13-19)32(25(34)39-27(2,3)4)26(35)40-28(5,6)7;1-16(37-15-36-8)20(33)18-14-28-21-19(29-18)22(38-17-12-10-9-11-13-17)31-23(30-21)32(24(34)39-26(2,3)4)25(35)40-27(5,6)7/h2*17-19H,9-16H2,1-8H3,(H,29,30,31);14,16-17H,9-13,15H2,1-8H3/t17-,18+;17-,18-;16-/m000/s1. The minimum absolute atomic E-state index is 0.00920. The number of rotatable bonds is 24. The van der Waals surface area contributed by atoms with Crippen molar-refractivity contribution >= 4 is 94.6 Å². The summed E-state index contributed by atoms with van der Waals surface area (Å²) in [5, 5.41) is 6.36. The van der Waals surface area contributed by atoms with Crippen molar-refractivity contribution in [2.75, 3.05) is 80.1 Å². The molecule has 0 unspecified atom stereocenters. The van der Waals surface area contributed by atoms with E-state index >= 15 is 0 Å². The minimum atomic E-state index is -1.03. The lowest BCUT2D eigenvalue weighted by Gasteiger charge is -2.31. The van der Waals surface area contributed by atoms with Crippen LogP contribution in [-0.4, -0.2) is 219 Å². The normalized spacial score (nSPS) is 17.6. The van der Waals surface area contributed by atoms with Crippen molar-refractivity contribution in [1.29, 1.82) is 0 Å². The Hall–Kier alpha value is -9.43. The molecule has 5 atom stereocenters. The first kappa shape index (κ1) is 97.7. The average molecular weight is 1690 g/mol. The third kappa shape index (κ3) is 30.3. The number of aromatic nitrogens is 8. The summed E-state index contributed by atoms with van der Waals surface area (Å²) in [4.78, 5) is 156. The number of nitrogens with one attached hydrogen (secondary N) is 2. The maximum Gasteiger partial charge on any atom is 0.427 e. The summed E-state index contributed by atoms with van der Waals surface area (Å²) >= 11 is 0. The molecular weight excluding hydrogens is 1560 g/mol. The fourth-order valence-electron chi connectivity index (χ4n) is 12.8.